The van der Waals surface area contributed by atoms with Crippen molar-refractivity contribution in [3.63, 3.8) is 0 Å². The Bertz CT molecular complexity index is 518. The molecule has 1 rings (SSSR count). The number of benzene rings is 1. The predicted molar refractivity (Wildman–Crippen MR) is 73.7 cm³/mol. The Labute approximate surface area is 118 Å². The first-order chi connectivity index (χ1) is 8.93. The monoisotopic (exact) mass is 307 g/mol. The molecule has 0 unspecified atom stereocenters. The number of rotatable bonds is 7. The van der Waals surface area contributed by atoms with E-state index in [1.54, 1.807) is 0 Å². The summed E-state index contributed by atoms with van der Waals surface area (Å²) < 4.78 is 30.8. The Morgan fingerprint density at radius 2 is 2.11 bits per heavy atom. The van der Waals surface area contributed by atoms with Crippen molar-refractivity contribution in [1.82, 2.24) is 4.31 Å². The maximum atomic E-state index is 12.2. The molecule has 0 fully saturated rings. The lowest BCUT2D eigenvalue weighted by Crippen LogP contribution is -2.30. The quantitative estimate of drug-likeness (QED) is 0.775. The first kappa shape index (κ1) is 16.4. The van der Waals surface area contributed by atoms with Crippen LogP contribution < -0.4 is 0 Å². The minimum Gasteiger partial charge on any atom is -0.392 e. The lowest BCUT2D eigenvalue weighted by molar-refractivity contribution is 0.138. The fourth-order valence-electron chi connectivity index (χ4n) is 1.45. The Hall–Kier alpha value is -0.660. The van der Waals surface area contributed by atoms with E-state index in [0.29, 0.717) is 18.8 Å². The number of hydrogen-bond acceptors (Lipinski definition) is 4. The molecule has 5 nitrogen and oxygen atoms in total. The SMILES string of the molecule is CCOCCN(C)S(=O)(=O)c1ccc(CO)c(Cl)c1. The molecule has 0 saturated carbocycles. The number of aliphatic hydroxyl groups is 1. The second kappa shape index (κ2) is 7.21. The summed E-state index contributed by atoms with van der Waals surface area (Å²) in [7, 11) is -2.09. The molecule has 0 aliphatic heterocycles. The van der Waals surface area contributed by atoms with Gasteiger partial charge in [0.1, 0.15) is 0 Å². The van der Waals surface area contributed by atoms with Gasteiger partial charge in [-0.25, -0.2) is 8.42 Å². The zero-order valence-corrected chi connectivity index (χ0v) is 12.5. The molecule has 1 N–H and O–H groups in total. The third kappa shape index (κ3) is 4.15. The van der Waals surface area contributed by atoms with Gasteiger partial charge >= 0.3 is 0 Å². The van der Waals surface area contributed by atoms with Crippen molar-refractivity contribution in [2.75, 3.05) is 26.8 Å². The molecule has 0 radical (unpaired) electrons. The van der Waals surface area contributed by atoms with Crippen LogP contribution in [0.2, 0.25) is 5.02 Å². The first-order valence-corrected chi connectivity index (χ1v) is 7.68. The molecule has 0 atom stereocenters. The Kier molecular flexibility index (Phi) is 6.22. The van der Waals surface area contributed by atoms with Crippen LogP contribution in [0.4, 0.5) is 0 Å². The fourth-order valence-corrected chi connectivity index (χ4v) is 2.94. The molecule has 0 amide bonds. The van der Waals surface area contributed by atoms with Crippen LogP contribution in [0.25, 0.3) is 0 Å². The van der Waals surface area contributed by atoms with Gasteiger partial charge in [0, 0.05) is 25.2 Å². The van der Waals surface area contributed by atoms with Crippen molar-refractivity contribution >= 4 is 21.6 Å². The van der Waals surface area contributed by atoms with E-state index in [1.165, 1.54) is 29.6 Å². The molecule has 1 aromatic carbocycles. The Morgan fingerprint density at radius 3 is 2.63 bits per heavy atom. The number of ether oxygens (including phenoxy) is 1. The zero-order chi connectivity index (χ0) is 14.5. The number of nitrogens with zero attached hydrogens (tertiary/aromatic N) is 1. The topological polar surface area (TPSA) is 66.8 Å². The number of likely N-dealkylation sites (N-methyl/N-ethyl adjacent to an activating group) is 1. The van der Waals surface area contributed by atoms with E-state index in [-0.39, 0.29) is 23.1 Å². The molecule has 108 valence electrons. The van der Waals surface area contributed by atoms with Gasteiger partial charge in [0.05, 0.1) is 18.1 Å². The van der Waals surface area contributed by atoms with Crippen LogP contribution >= 0.6 is 11.6 Å². The normalized spacial score (nSPS) is 12.1. The molecule has 0 heterocycles. The summed E-state index contributed by atoms with van der Waals surface area (Å²) in [6.45, 7) is 2.79. The summed E-state index contributed by atoms with van der Waals surface area (Å²) in [5, 5.41) is 9.24. The largest absolute Gasteiger partial charge is 0.392 e. The molecule has 0 aromatic heterocycles. The third-order valence-electron chi connectivity index (χ3n) is 2.66. The van der Waals surface area contributed by atoms with Gasteiger partial charge in [-0.05, 0) is 24.6 Å². The summed E-state index contributed by atoms with van der Waals surface area (Å²) in [6, 6.07) is 4.29. The molecular weight excluding hydrogens is 290 g/mol. The summed E-state index contributed by atoms with van der Waals surface area (Å²) in [5.41, 5.74) is 0.498. The summed E-state index contributed by atoms with van der Waals surface area (Å²) in [5.74, 6) is 0. The second-order valence-electron chi connectivity index (χ2n) is 3.93. The van der Waals surface area contributed by atoms with Gasteiger partial charge in [-0.2, -0.15) is 4.31 Å². The van der Waals surface area contributed by atoms with E-state index in [2.05, 4.69) is 0 Å². The van der Waals surface area contributed by atoms with Crippen LogP contribution in [-0.2, 0) is 21.4 Å². The van der Waals surface area contributed by atoms with Crippen molar-refractivity contribution in [2.24, 2.45) is 0 Å². The van der Waals surface area contributed by atoms with Gasteiger partial charge in [-0.1, -0.05) is 17.7 Å². The second-order valence-corrected chi connectivity index (χ2v) is 6.39. The minimum absolute atomic E-state index is 0.105. The van der Waals surface area contributed by atoms with Gasteiger partial charge in [-0.3, -0.25) is 0 Å². The number of hydrogen-bond donors (Lipinski definition) is 1. The number of sulfonamides is 1. The van der Waals surface area contributed by atoms with Crippen molar-refractivity contribution < 1.29 is 18.3 Å². The molecule has 0 spiro atoms. The van der Waals surface area contributed by atoms with E-state index in [4.69, 9.17) is 21.4 Å². The molecule has 7 heteroatoms. The zero-order valence-electron chi connectivity index (χ0n) is 11.0. The maximum Gasteiger partial charge on any atom is 0.242 e. The van der Waals surface area contributed by atoms with Crippen molar-refractivity contribution in [3.05, 3.63) is 28.8 Å². The van der Waals surface area contributed by atoms with Gasteiger partial charge in [0.15, 0.2) is 0 Å². The molecule has 19 heavy (non-hydrogen) atoms. The van der Waals surface area contributed by atoms with Crippen LogP contribution in [-0.4, -0.2) is 44.6 Å². The standard InChI is InChI=1S/C12H18ClNO4S/c1-3-18-7-6-14(2)19(16,17)11-5-4-10(9-15)12(13)8-11/h4-5,8,15H,3,6-7,9H2,1-2H3. The van der Waals surface area contributed by atoms with Crippen molar-refractivity contribution in [3.8, 4) is 0 Å². The lowest BCUT2D eigenvalue weighted by Gasteiger charge is -2.17. The Morgan fingerprint density at radius 1 is 1.42 bits per heavy atom. The van der Waals surface area contributed by atoms with E-state index in [9.17, 15) is 8.42 Å². The maximum absolute atomic E-state index is 12.2. The molecular formula is C12H18ClNO4S. The van der Waals surface area contributed by atoms with Gasteiger partial charge in [0.25, 0.3) is 0 Å². The molecule has 0 saturated heterocycles. The van der Waals surface area contributed by atoms with E-state index in [1.807, 2.05) is 6.92 Å². The molecule has 0 bridgehead atoms. The van der Waals surface area contributed by atoms with Crippen molar-refractivity contribution in [2.45, 2.75) is 18.4 Å². The minimum atomic E-state index is -3.58. The summed E-state index contributed by atoms with van der Waals surface area (Å²) >= 11 is 5.90. The van der Waals surface area contributed by atoms with E-state index in [0.717, 1.165) is 0 Å². The smallest absolute Gasteiger partial charge is 0.242 e. The van der Waals surface area contributed by atoms with Gasteiger partial charge < -0.3 is 9.84 Å². The highest BCUT2D eigenvalue weighted by molar-refractivity contribution is 7.89. The van der Waals surface area contributed by atoms with Gasteiger partial charge in [-0.15, -0.1) is 0 Å². The fraction of sp³-hybridized carbons (Fsp3) is 0.500. The lowest BCUT2D eigenvalue weighted by atomic mass is 10.2. The molecule has 0 aliphatic rings. The average molecular weight is 308 g/mol. The predicted octanol–water partition coefficient (Wildman–Crippen LogP) is 1.49. The van der Waals surface area contributed by atoms with Crippen LogP contribution in [0.15, 0.2) is 23.1 Å². The third-order valence-corrected chi connectivity index (χ3v) is 4.86. The highest BCUT2D eigenvalue weighted by Crippen LogP contribution is 2.22. The highest BCUT2D eigenvalue weighted by Gasteiger charge is 2.21. The molecule has 0 aliphatic carbocycles. The van der Waals surface area contributed by atoms with Crippen LogP contribution in [0.1, 0.15) is 12.5 Å². The van der Waals surface area contributed by atoms with Gasteiger partial charge in [0.2, 0.25) is 10.0 Å². The number of halogens is 1. The van der Waals surface area contributed by atoms with Crippen LogP contribution in [0, 0.1) is 0 Å². The number of aliphatic hydroxyl groups excluding tert-OH is 1. The molecule has 1 aromatic rings. The summed E-state index contributed by atoms with van der Waals surface area (Å²) in [4.78, 5) is 0.105. The van der Waals surface area contributed by atoms with Crippen LogP contribution in [0.3, 0.4) is 0 Å². The van der Waals surface area contributed by atoms with Crippen molar-refractivity contribution in [1.29, 1.82) is 0 Å². The average Bonchev–Trinajstić information content (AvgIpc) is 2.38. The highest BCUT2D eigenvalue weighted by atomic mass is 35.5. The van der Waals surface area contributed by atoms with Crippen LogP contribution in [0.5, 0.6) is 0 Å². The van der Waals surface area contributed by atoms with E-state index < -0.39 is 10.0 Å². The van der Waals surface area contributed by atoms with E-state index >= 15 is 0 Å². The summed E-state index contributed by atoms with van der Waals surface area (Å²) in [6.07, 6.45) is 0. The Balaban J connectivity index is 2.90. The first-order valence-electron chi connectivity index (χ1n) is 5.86.